The molecule has 1 aliphatic heterocycles. The highest BCUT2D eigenvalue weighted by Gasteiger charge is 2.33. The number of para-hydroxylation sites is 1. The molecule has 0 saturated carbocycles. The summed E-state index contributed by atoms with van der Waals surface area (Å²) in [5, 5.41) is 9.89. The van der Waals surface area contributed by atoms with Gasteiger partial charge in [0.15, 0.2) is 0 Å². The Morgan fingerprint density at radius 1 is 1.00 bits per heavy atom. The van der Waals surface area contributed by atoms with Crippen molar-refractivity contribution in [2.24, 2.45) is 5.73 Å². The number of ether oxygens (including phenoxy) is 4. The van der Waals surface area contributed by atoms with Crippen LogP contribution >= 0.6 is 0 Å². The zero-order chi connectivity index (χ0) is 25.5. The number of hydrogen-bond donors (Lipinski definition) is 1. The summed E-state index contributed by atoms with van der Waals surface area (Å²) in [4.78, 5) is 12.7. The van der Waals surface area contributed by atoms with E-state index >= 15 is 0 Å². The molecule has 0 saturated heterocycles. The normalized spacial score (nSPS) is 14.3. The van der Waals surface area contributed by atoms with E-state index < -0.39 is 11.9 Å². The van der Waals surface area contributed by atoms with E-state index in [0.29, 0.717) is 47.3 Å². The van der Waals surface area contributed by atoms with E-state index in [-0.39, 0.29) is 5.88 Å². The van der Waals surface area contributed by atoms with E-state index in [2.05, 4.69) is 13.0 Å². The molecule has 0 amide bonds. The summed E-state index contributed by atoms with van der Waals surface area (Å²) >= 11 is 0. The summed E-state index contributed by atoms with van der Waals surface area (Å²) < 4.78 is 22.8. The molecule has 0 spiro atoms. The summed E-state index contributed by atoms with van der Waals surface area (Å²) in [5.41, 5.74) is 8.39. The van der Waals surface area contributed by atoms with Crippen molar-refractivity contribution in [3.05, 3.63) is 94.9 Å². The first-order chi connectivity index (χ1) is 17.5. The van der Waals surface area contributed by atoms with Gasteiger partial charge < -0.3 is 24.7 Å². The van der Waals surface area contributed by atoms with E-state index in [4.69, 9.17) is 24.7 Å². The smallest absolute Gasteiger partial charge is 0.343 e. The van der Waals surface area contributed by atoms with Crippen molar-refractivity contribution in [2.45, 2.75) is 32.6 Å². The van der Waals surface area contributed by atoms with Gasteiger partial charge in [0.05, 0.1) is 24.7 Å². The fourth-order valence-corrected chi connectivity index (χ4v) is 4.02. The second kappa shape index (κ2) is 11.3. The Hall–Kier alpha value is -4.44. The van der Waals surface area contributed by atoms with Gasteiger partial charge in [-0.25, -0.2) is 4.79 Å². The standard InChI is InChI=1S/C29H28N2O5/c1-3-5-16-34-25-9-7-6-8-22(25)27-23-15-14-21(17-26(23)36-28(31)24(27)18-30)35-29(32)19-10-12-20(13-11-19)33-4-2/h6-15,17,27H,3-5,16,31H2,1-2H3. The number of esters is 1. The number of allylic oxidation sites excluding steroid dienone is 1. The van der Waals surface area contributed by atoms with Gasteiger partial charge in [-0.1, -0.05) is 37.6 Å². The third-order valence-electron chi connectivity index (χ3n) is 5.79. The third-order valence-corrected chi connectivity index (χ3v) is 5.79. The number of hydrogen-bond acceptors (Lipinski definition) is 7. The number of carbonyl (C=O) groups is 1. The van der Waals surface area contributed by atoms with Crippen LogP contribution in [0.2, 0.25) is 0 Å². The number of fused-ring (bicyclic) bond motifs is 1. The van der Waals surface area contributed by atoms with Crippen LogP contribution in [0.1, 0.15) is 54.1 Å². The highest BCUT2D eigenvalue weighted by molar-refractivity contribution is 5.91. The lowest BCUT2D eigenvalue weighted by Gasteiger charge is -2.28. The minimum absolute atomic E-state index is 0.00773. The first-order valence-corrected chi connectivity index (χ1v) is 11.9. The monoisotopic (exact) mass is 484 g/mol. The van der Waals surface area contributed by atoms with Gasteiger partial charge in [0.25, 0.3) is 0 Å². The van der Waals surface area contributed by atoms with Crippen molar-refractivity contribution < 1.29 is 23.7 Å². The van der Waals surface area contributed by atoms with Crippen molar-refractivity contribution in [1.82, 2.24) is 0 Å². The minimum atomic E-state index is -0.513. The summed E-state index contributed by atoms with van der Waals surface area (Å²) in [7, 11) is 0. The molecule has 184 valence electrons. The Kier molecular flexibility index (Phi) is 7.76. The van der Waals surface area contributed by atoms with Crippen LogP contribution in [0.4, 0.5) is 0 Å². The molecule has 7 nitrogen and oxygen atoms in total. The van der Waals surface area contributed by atoms with Crippen LogP contribution in [0.5, 0.6) is 23.0 Å². The van der Waals surface area contributed by atoms with Crippen LogP contribution in [0, 0.1) is 11.3 Å². The molecular formula is C29H28N2O5. The summed E-state index contributed by atoms with van der Waals surface area (Å²) in [6.45, 7) is 5.11. The number of unbranched alkanes of at least 4 members (excludes halogenated alkanes) is 1. The molecule has 1 atom stereocenters. The summed E-state index contributed by atoms with van der Waals surface area (Å²) in [5.74, 6) is 1.10. The molecule has 2 N–H and O–H groups in total. The molecule has 3 aromatic carbocycles. The molecule has 7 heteroatoms. The molecule has 1 unspecified atom stereocenters. The highest BCUT2D eigenvalue weighted by Crippen LogP contribution is 2.46. The van der Waals surface area contributed by atoms with Gasteiger partial charge in [0.2, 0.25) is 5.88 Å². The predicted molar refractivity (Wildman–Crippen MR) is 135 cm³/mol. The number of nitrogens with zero attached hydrogens (tertiary/aromatic N) is 1. The Morgan fingerprint density at radius 2 is 1.75 bits per heavy atom. The fourth-order valence-electron chi connectivity index (χ4n) is 4.02. The first kappa shape index (κ1) is 24.7. The molecule has 4 rings (SSSR count). The molecular weight excluding hydrogens is 456 g/mol. The molecule has 0 fully saturated rings. The van der Waals surface area contributed by atoms with E-state index in [9.17, 15) is 10.1 Å². The van der Waals surface area contributed by atoms with Gasteiger partial charge in [-0.15, -0.1) is 0 Å². The van der Waals surface area contributed by atoms with Crippen molar-refractivity contribution >= 4 is 5.97 Å². The van der Waals surface area contributed by atoms with Gasteiger partial charge in [0.1, 0.15) is 34.6 Å². The average Bonchev–Trinajstić information content (AvgIpc) is 2.89. The Balaban J connectivity index is 1.63. The van der Waals surface area contributed by atoms with Crippen LogP contribution in [-0.2, 0) is 0 Å². The maximum Gasteiger partial charge on any atom is 0.343 e. The van der Waals surface area contributed by atoms with Gasteiger partial charge >= 0.3 is 5.97 Å². The van der Waals surface area contributed by atoms with Gasteiger partial charge in [0, 0.05) is 17.2 Å². The summed E-state index contributed by atoms with van der Waals surface area (Å²) in [6.07, 6.45) is 1.93. The van der Waals surface area contributed by atoms with E-state index in [1.54, 1.807) is 42.5 Å². The average molecular weight is 485 g/mol. The maximum absolute atomic E-state index is 12.7. The van der Waals surface area contributed by atoms with E-state index in [1.807, 2.05) is 31.2 Å². The predicted octanol–water partition coefficient (Wildman–Crippen LogP) is 5.70. The molecule has 0 bridgehead atoms. The minimum Gasteiger partial charge on any atom is -0.494 e. The lowest BCUT2D eigenvalue weighted by atomic mass is 9.83. The quantitative estimate of drug-likeness (QED) is 0.236. The second-order valence-electron chi connectivity index (χ2n) is 8.21. The molecule has 3 aromatic rings. The lowest BCUT2D eigenvalue weighted by Crippen LogP contribution is -2.21. The highest BCUT2D eigenvalue weighted by atomic mass is 16.5. The first-order valence-electron chi connectivity index (χ1n) is 11.9. The zero-order valence-electron chi connectivity index (χ0n) is 20.3. The van der Waals surface area contributed by atoms with Crippen LogP contribution < -0.4 is 24.7 Å². The molecule has 1 aliphatic rings. The van der Waals surface area contributed by atoms with Crippen molar-refractivity contribution in [3.8, 4) is 29.1 Å². The third kappa shape index (κ3) is 5.28. The largest absolute Gasteiger partial charge is 0.494 e. The zero-order valence-corrected chi connectivity index (χ0v) is 20.3. The SMILES string of the molecule is CCCCOc1ccccc1C1C(C#N)=C(N)Oc2cc(OC(=O)c3ccc(OCC)cc3)ccc21. The van der Waals surface area contributed by atoms with E-state index in [0.717, 1.165) is 24.0 Å². The molecule has 36 heavy (non-hydrogen) atoms. The van der Waals surface area contributed by atoms with Gasteiger partial charge in [-0.05, 0) is 49.7 Å². The van der Waals surface area contributed by atoms with Crippen molar-refractivity contribution in [3.63, 3.8) is 0 Å². The van der Waals surface area contributed by atoms with E-state index in [1.165, 1.54) is 0 Å². The van der Waals surface area contributed by atoms with Crippen molar-refractivity contribution in [2.75, 3.05) is 13.2 Å². The van der Waals surface area contributed by atoms with Crippen molar-refractivity contribution in [1.29, 1.82) is 5.26 Å². The Bertz CT molecular complexity index is 1310. The van der Waals surface area contributed by atoms with Crippen LogP contribution in [0.15, 0.2) is 78.2 Å². The second-order valence-corrected chi connectivity index (χ2v) is 8.21. The fraction of sp³-hybridized carbons (Fsp3) is 0.241. The number of benzene rings is 3. The molecule has 1 heterocycles. The Labute approximate surface area is 210 Å². The Morgan fingerprint density at radius 3 is 2.47 bits per heavy atom. The van der Waals surface area contributed by atoms with Gasteiger partial charge in [-0.3, -0.25) is 0 Å². The number of nitriles is 1. The number of nitrogens with two attached hydrogens (primary N) is 1. The topological polar surface area (TPSA) is 104 Å². The number of rotatable bonds is 9. The molecule has 0 aliphatic carbocycles. The molecule has 0 radical (unpaired) electrons. The maximum atomic E-state index is 12.7. The van der Waals surface area contributed by atoms with Crippen LogP contribution in [0.3, 0.4) is 0 Å². The number of carbonyl (C=O) groups excluding carboxylic acids is 1. The van der Waals surface area contributed by atoms with Crippen LogP contribution in [0.25, 0.3) is 0 Å². The summed E-state index contributed by atoms with van der Waals surface area (Å²) in [6, 6.07) is 21.6. The van der Waals surface area contributed by atoms with Crippen LogP contribution in [-0.4, -0.2) is 19.2 Å². The lowest BCUT2D eigenvalue weighted by molar-refractivity contribution is 0.0734. The van der Waals surface area contributed by atoms with Gasteiger partial charge in [-0.2, -0.15) is 5.26 Å². The molecule has 0 aromatic heterocycles.